The topological polar surface area (TPSA) is 69.7 Å². The van der Waals surface area contributed by atoms with E-state index in [4.69, 9.17) is 32.7 Å². The maximum atomic E-state index is 12.3. The maximum Gasteiger partial charge on any atom is 0.343 e. The van der Waals surface area contributed by atoms with Crippen LogP contribution in [-0.2, 0) is 0 Å². The number of benzene rings is 3. The van der Waals surface area contributed by atoms with Crippen molar-refractivity contribution in [3.8, 4) is 11.5 Å². The minimum atomic E-state index is -0.680. The Morgan fingerprint density at radius 1 is 0.714 bits per heavy atom. The summed E-state index contributed by atoms with van der Waals surface area (Å²) in [4.78, 5) is 35.7. The molecular formula is C21H12Cl2O5. The van der Waals surface area contributed by atoms with Gasteiger partial charge in [-0.2, -0.15) is 0 Å². The molecule has 0 atom stereocenters. The molecule has 5 nitrogen and oxygen atoms in total. The number of carbonyl (C=O) groups excluding carboxylic acids is 3. The van der Waals surface area contributed by atoms with Gasteiger partial charge in [0.1, 0.15) is 11.5 Å². The molecular weight excluding hydrogens is 403 g/mol. The highest BCUT2D eigenvalue weighted by Crippen LogP contribution is 2.26. The van der Waals surface area contributed by atoms with E-state index in [1.54, 1.807) is 24.3 Å². The number of halogens is 2. The van der Waals surface area contributed by atoms with Crippen LogP contribution in [0.4, 0.5) is 0 Å². The summed E-state index contributed by atoms with van der Waals surface area (Å²) in [5.41, 5.74) is 0.682. The minimum Gasteiger partial charge on any atom is -0.423 e. The first kappa shape index (κ1) is 19.6. The van der Waals surface area contributed by atoms with Crippen LogP contribution in [0.3, 0.4) is 0 Å². The second-order valence-electron chi connectivity index (χ2n) is 5.61. The lowest BCUT2D eigenvalue weighted by Crippen LogP contribution is -2.11. The molecule has 3 aromatic carbocycles. The molecule has 0 radical (unpaired) electrons. The van der Waals surface area contributed by atoms with Crippen molar-refractivity contribution in [1.82, 2.24) is 0 Å². The molecule has 0 aliphatic heterocycles. The van der Waals surface area contributed by atoms with E-state index in [9.17, 15) is 14.4 Å². The molecule has 0 aliphatic rings. The van der Waals surface area contributed by atoms with E-state index in [0.717, 1.165) is 0 Å². The Hall–Kier alpha value is -3.15. The van der Waals surface area contributed by atoms with Crippen molar-refractivity contribution in [2.75, 3.05) is 0 Å². The molecule has 0 aliphatic carbocycles. The number of hydrogen-bond acceptors (Lipinski definition) is 5. The number of aldehydes is 1. The molecule has 7 heteroatoms. The Labute approximate surface area is 170 Å². The standard InChI is InChI=1S/C21H12Cl2O5/c22-16-6-1-13(2-7-16)20(25)27-18-10-5-15(12-24)19(11-18)28-21(26)14-3-8-17(23)9-4-14/h1-12H. The number of rotatable bonds is 5. The highest BCUT2D eigenvalue weighted by molar-refractivity contribution is 6.31. The fraction of sp³-hybridized carbons (Fsp3) is 0. The van der Waals surface area contributed by atoms with E-state index in [0.29, 0.717) is 21.9 Å². The van der Waals surface area contributed by atoms with E-state index in [2.05, 4.69) is 0 Å². The fourth-order valence-corrected chi connectivity index (χ4v) is 2.51. The van der Waals surface area contributed by atoms with Gasteiger partial charge in [-0.05, 0) is 60.7 Å². The van der Waals surface area contributed by atoms with Crippen LogP contribution in [0, 0.1) is 0 Å². The van der Waals surface area contributed by atoms with E-state index in [1.807, 2.05) is 0 Å². The zero-order valence-electron chi connectivity index (χ0n) is 14.2. The Kier molecular flexibility index (Phi) is 6.09. The first-order valence-corrected chi connectivity index (χ1v) is 8.76. The van der Waals surface area contributed by atoms with Gasteiger partial charge in [-0.25, -0.2) is 9.59 Å². The molecule has 3 aromatic rings. The normalized spacial score (nSPS) is 10.2. The molecule has 0 spiro atoms. The van der Waals surface area contributed by atoms with E-state index < -0.39 is 11.9 Å². The SMILES string of the molecule is O=Cc1ccc(OC(=O)c2ccc(Cl)cc2)cc1OC(=O)c1ccc(Cl)cc1. The zero-order chi connectivity index (χ0) is 20.1. The van der Waals surface area contributed by atoms with Crippen LogP contribution in [0.25, 0.3) is 0 Å². The van der Waals surface area contributed by atoms with Gasteiger partial charge in [0.15, 0.2) is 6.29 Å². The van der Waals surface area contributed by atoms with E-state index in [1.165, 1.54) is 42.5 Å². The fourth-order valence-electron chi connectivity index (χ4n) is 2.26. The summed E-state index contributed by atoms with van der Waals surface area (Å²) in [5.74, 6) is -1.22. The van der Waals surface area contributed by atoms with Gasteiger partial charge in [-0.3, -0.25) is 4.79 Å². The molecule has 0 aromatic heterocycles. The number of carbonyl (C=O) groups is 3. The third kappa shape index (κ3) is 4.76. The zero-order valence-corrected chi connectivity index (χ0v) is 15.7. The second kappa shape index (κ2) is 8.69. The number of ether oxygens (including phenoxy) is 2. The summed E-state index contributed by atoms with van der Waals surface area (Å²) < 4.78 is 10.6. The summed E-state index contributed by atoms with van der Waals surface area (Å²) in [6, 6.07) is 16.4. The van der Waals surface area contributed by atoms with Crippen LogP contribution in [0.15, 0.2) is 66.7 Å². The van der Waals surface area contributed by atoms with Crippen molar-refractivity contribution in [2.45, 2.75) is 0 Å². The van der Waals surface area contributed by atoms with Crippen LogP contribution in [0.5, 0.6) is 11.5 Å². The summed E-state index contributed by atoms with van der Waals surface area (Å²) >= 11 is 11.6. The van der Waals surface area contributed by atoms with E-state index in [-0.39, 0.29) is 22.6 Å². The van der Waals surface area contributed by atoms with Crippen molar-refractivity contribution in [2.24, 2.45) is 0 Å². The van der Waals surface area contributed by atoms with Crippen molar-refractivity contribution in [3.05, 3.63) is 93.5 Å². The van der Waals surface area contributed by atoms with Gasteiger partial charge in [0, 0.05) is 16.1 Å². The van der Waals surface area contributed by atoms with Crippen LogP contribution in [-0.4, -0.2) is 18.2 Å². The Morgan fingerprint density at radius 2 is 1.21 bits per heavy atom. The van der Waals surface area contributed by atoms with Gasteiger partial charge in [0.05, 0.1) is 16.7 Å². The highest BCUT2D eigenvalue weighted by Gasteiger charge is 2.15. The predicted octanol–water partition coefficient (Wildman–Crippen LogP) is 5.24. The van der Waals surface area contributed by atoms with Gasteiger partial charge < -0.3 is 9.47 Å². The summed E-state index contributed by atoms with van der Waals surface area (Å²) in [6.07, 6.45) is 0.537. The molecule has 0 bridgehead atoms. The molecule has 0 amide bonds. The molecule has 0 saturated heterocycles. The Balaban J connectivity index is 1.80. The molecule has 0 fully saturated rings. The average Bonchev–Trinajstić information content (AvgIpc) is 2.69. The molecule has 28 heavy (non-hydrogen) atoms. The highest BCUT2D eigenvalue weighted by atomic mass is 35.5. The average molecular weight is 415 g/mol. The molecule has 0 saturated carbocycles. The molecule has 140 valence electrons. The largest absolute Gasteiger partial charge is 0.423 e. The lowest BCUT2D eigenvalue weighted by Gasteiger charge is -2.10. The quantitative estimate of drug-likeness (QED) is 0.324. The van der Waals surface area contributed by atoms with Crippen LogP contribution < -0.4 is 9.47 Å². The lowest BCUT2D eigenvalue weighted by molar-refractivity contribution is 0.0732. The first-order chi connectivity index (χ1) is 13.5. The van der Waals surface area contributed by atoms with Crippen molar-refractivity contribution >= 4 is 41.4 Å². The van der Waals surface area contributed by atoms with Crippen molar-refractivity contribution in [3.63, 3.8) is 0 Å². The van der Waals surface area contributed by atoms with Crippen molar-refractivity contribution < 1.29 is 23.9 Å². The van der Waals surface area contributed by atoms with Crippen LogP contribution in [0.2, 0.25) is 10.0 Å². The monoisotopic (exact) mass is 414 g/mol. The molecule has 3 rings (SSSR count). The summed E-state index contributed by atoms with van der Waals surface area (Å²) in [6.45, 7) is 0. The molecule has 0 heterocycles. The van der Waals surface area contributed by atoms with Gasteiger partial charge in [-0.15, -0.1) is 0 Å². The molecule has 0 N–H and O–H groups in total. The van der Waals surface area contributed by atoms with Crippen LogP contribution in [0.1, 0.15) is 31.1 Å². The first-order valence-electron chi connectivity index (χ1n) is 8.01. The third-order valence-electron chi connectivity index (χ3n) is 3.69. The van der Waals surface area contributed by atoms with Gasteiger partial charge in [0.2, 0.25) is 0 Å². The predicted molar refractivity (Wildman–Crippen MR) is 105 cm³/mol. The van der Waals surface area contributed by atoms with Crippen LogP contribution >= 0.6 is 23.2 Å². The summed E-state index contributed by atoms with van der Waals surface area (Å²) in [5, 5.41) is 0.963. The number of esters is 2. The summed E-state index contributed by atoms with van der Waals surface area (Å²) in [7, 11) is 0. The van der Waals surface area contributed by atoms with Gasteiger partial charge in [-0.1, -0.05) is 23.2 Å². The van der Waals surface area contributed by atoms with Gasteiger partial charge >= 0.3 is 11.9 Å². The third-order valence-corrected chi connectivity index (χ3v) is 4.19. The Bertz CT molecular complexity index is 1030. The molecule has 0 unspecified atom stereocenters. The lowest BCUT2D eigenvalue weighted by atomic mass is 10.2. The van der Waals surface area contributed by atoms with E-state index >= 15 is 0 Å². The second-order valence-corrected chi connectivity index (χ2v) is 6.48. The Morgan fingerprint density at radius 3 is 1.71 bits per heavy atom. The number of hydrogen-bond donors (Lipinski definition) is 0. The van der Waals surface area contributed by atoms with Gasteiger partial charge in [0.25, 0.3) is 0 Å². The minimum absolute atomic E-state index is 0.0312. The maximum absolute atomic E-state index is 12.3. The smallest absolute Gasteiger partial charge is 0.343 e. The van der Waals surface area contributed by atoms with Crippen molar-refractivity contribution in [1.29, 1.82) is 0 Å².